The van der Waals surface area contributed by atoms with Crippen LogP contribution in [0, 0.1) is 11.8 Å². The number of likely N-dealkylation sites (tertiary alicyclic amines) is 1. The van der Waals surface area contributed by atoms with Crippen molar-refractivity contribution in [1.29, 1.82) is 0 Å². The number of nitrogens with zero attached hydrogens (tertiary/aromatic N) is 2. The van der Waals surface area contributed by atoms with Gasteiger partial charge in [0.25, 0.3) is 0 Å². The van der Waals surface area contributed by atoms with Gasteiger partial charge in [0.2, 0.25) is 11.8 Å². The summed E-state index contributed by atoms with van der Waals surface area (Å²) in [5, 5.41) is 0. The molecule has 31 heavy (non-hydrogen) atoms. The number of amides is 2. The van der Waals surface area contributed by atoms with Crippen LogP contribution >= 0.6 is 0 Å². The molecule has 0 N–H and O–H groups in total. The van der Waals surface area contributed by atoms with Crippen LogP contribution < -0.4 is 4.74 Å². The average Bonchev–Trinajstić information content (AvgIpc) is 3.53. The first-order valence-corrected chi connectivity index (χ1v) is 10.7. The highest BCUT2D eigenvalue weighted by Gasteiger charge is 2.67. The Hall–Kier alpha value is -3.12. The van der Waals surface area contributed by atoms with Crippen molar-refractivity contribution in [2.75, 3.05) is 13.7 Å². The highest BCUT2D eigenvalue weighted by molar-refractivity contribution is 5.93. The molecule has 2 unspecified atom stereocenters. The summed E-state index contributed by atoms with van der Waals surface area (Å²) >= 11 is 0. The van der Waals surface area contributed by atoms with Crippen molar-refractivity contribution in [3.8, 4) is 5.75 Å². The number of carbonyl (C=O) groups is 2. The molecule has 4 heterocycles. The van der Waals surface area contributed by atoms with E-state index in [9.17, 15) is 9.59 Å². The van der Waals surface area contributed by atoms with Gasteiger partial charge in [-0.05, 0) is 28.8 Å². The van der Waals surface area contributed by atoms with Crippen LogP contribution in [0.1, 0.15) is 16.7 Å². The number of hydrogen-bond donors (Lipinski definition) is 0. The van der Waals surface area contributed by atoms with Gasteiger partial charge in [0.1, 0.15) is 11.4 Å². The van der Waals surface area contributed by atoms with Gasteiger partial charge in [-0.1, -0.05) is 48.6 Å². The first kappa shape index (κ1) is 18.6. The second-order valence-corrected chi connectivity index (χ2v) is 8.91. The largest absolute Gasteiger partial charge is 0.497 e. The van der Waals surface area contributed by atoms with Crippen molar-refractivity contribution in [3.63, 3.8) is 0 Å². The fourth-order valence-electron chi connectivity index (χ4n) is 5.69. The topological polar surface area (TPSA) is 59.1 Å². The van der Waals surface area contributed by atoms with Gasteiger partial charge in [-0.2, -0.15) is 0 Å². The predicted octanol–water partition coefficient (Wildman–Crippen LogP) is 2.52. The number of fused-ring (bicyclic) bond motifs is 2. The minimum Gasteiger partial charge on any atom is -0.497 e. The molecule has 0 aromatic heterocycles. The molecule has 158 valence electrons. The number of ether oxygens (including phenoxy) is 2. The number of methoxy groups -OCH3 is 1. The minimum absolute atomic E-state index is 0.00438. The number of benzene rings is 2. The lowest BCUT2D eigenvalue weighted by Gasteiger charge is -2.27. The molecule has 0 saturated carbocycles. The van der Waals surface area contributed by atoms with Gasteiger partial charge >= 0.3 is 0 Å². The maximum Gasteiger partial charge on any atom is 0.230 e. The van der Waals surface area contributed by atoms with Gasteiger partial charge in [0.15, 0.2) is 0 Å². The molecule has 6 heteroatoms. The summed E-state index contributed by atoms with van der Waals surface area (Å²) in [4.78, 5) is 30.8. The van der Waals surface area contributed by atoms with Crippen LogP contribution in [0.2, 0.25) is 0 Å². The summed E-state index contributed by atoms with van der Waals surface area (Å²) in [7, 11) is 1.63. The lowest BCUT2D eigenvalue weighted by Crippen LogP contribution is -2.44. The third kappa shape index (κ3) is 2.74. The van der Waals surface area contributed by atoms with Crippen LogP contribution in [0.25, 0.3) is 0 Å². The van der Waals surface area contributed by atoms with E-state index < -0.39 is 17.4 Å². The van der Waals surface area contributed by atoms with Crippen molar-refractivity contribution < 1.29 is 19.1 Å². The van der Waals surface area contributed by atoms with E-state index in [1.54, 1.807) is 7.11 Å². The Kier molecular flexibility index (Phi) is 4.02. The fraction of sp³-hybridized carbons (Fsp3) is 0.360. The molecule has 2 fully saturated rings. The lowest BCUT2D eigenvalue weighted by atomic mass is 9.76. The van der Waals surface area contributed by atoms with E-state index in [4.69, 9.17) is 9.47 Å². The van der Waals surface area contributed by atoms with Crippen molar-refractivity contribution in [2.24, 2.45) is 11.8 Å². The predicted molar refractivity (Wildman–Crippen MR) is 113 cm³/mol. The quantitative estimate of drug-likeness (QED) is 0.719. The van der Waals surface area contributed by atoms with E-state index in [0.29, 0.717) is 26.2 Å². The van der Waals surface area contributed by atoms with E-state index in [2.05, 4.69) is 12.1 Å². The maximum atomic E-state index is 13.6. The molecule has 0 aliphatic carbocycles. The number of hydrogen-bond acceptors (Lipinski definition) is 4. The van der Waals surface area contributed by atoms with Gasteiger partial charge in [-0.3, -0.25) is 9.59 Å². The molecule has 2 bridgehead atoms. The molecule has 1 spiro atoms. The Balaban J connectivity index is 1.25. The zero-order valence-corrected chi connectivity index (χ0v) is 17.4. The Bertz CT molecular complexity index is 1090. The van der Waals surface area contributed by atoms with Gasteiger partial charge in [0, 0.05) is 19.6 Å². The molecule has 6 nitrogen and oxygen atoms in total. The Morgan fingerprint density at radius 3 is 2.68 bits per heavy atom. The van der Waals surface area contributed by atoms with E-state index in [1.165, 1.54) is 11.1 Å². The molecule has 2 amide bonds. The van der Waals surface area contributed by atoms with Gasteiger partial charge < -0.3 is 19.3 Å². The highest BCUT2D eigenvalue weighted by Crippen LogP contribution is 2.53. The second kappa shape index (κ2) is 6.69. The Morgan fingerprint density at radius 2 is 1.94 bits per heavy atom. The monoisotopic (exact) mass is 416 g/mol. The molecular weight excluding hydrogens is 392 g/mol. The Labute approximate surface area is 181 Å². The molecular formula is C25H24N2O4. The SMILES string of the molecule is COc1cccc(CN2C[C@@]34C=C[C@@H](O3)C(C(=O)N3Cc5ccccc5C3)C4C2=O)c1. The first-order valence-electron chi connectivity index (χ1n) is 10.7. The van der Waals surface area contributed by atoms with Crippen LogP contribution in [-0.4, -0.2) is 47.0 Å². The van der Waals surface area contributed by atoms with Gasteiger partial charge in [-0.25, -0.2) is 0 Å². The molecule has 2 saturated heterocycles. The van der Waals surface area contributed by atoms with Gasteiger partial charge in [0.05, 0.1) is 31.6 Å². The highest BCUT2D eigenvalue weighted by atomic mass is 16.5. The third-order valence-corrected chi connectivity index (χ3v) is 7.12. The van der Waals surface area contributed by atoms with Crippen LogP contribution in [0.3, 0.4) is 0 Å². The minimum atomic E-state index is -0.687. The smallest absolute Gasteiger partial charge is 0.230 e. The normalized spacial score (nSPS) is 30.1. The summed E-state index contributed by atoms with van der Waals surface area (Å²) in [5.74, 6) is -0.119. The molecule has 4 atom stereocenters. The molecule has 2 aromatic carbocycles. The van der Waals surface area contributed by atoms with Crippen molar-refractivity contribution in [1.82, 2.24) is 9.80 Å². The Morgan fingerprint density at radius 1 is 1.16 bits per heavy atom. The van der Waals surface area contributed by atoms with Crippen molar-refractivity contribution >= 4 is 11.8 Å². The van der Waals surface area contributed by atoms with Crippen LogP contribution in [0.15, 0.2) is 60.7 Å². The van der Waals surface area contributed by atoms with E-state index in [0.717, 1.165) is 11.3 Å². The number of carbonyl (C=O) groups excluding carboxylic acids is 2. The number of rotatable bonds is 4. The maximum absolute atomic E-state index is 13.6. The van der Waals surface area contributed by atoms with E-state index in [1.807, 2.05) is 58.4 Å². The standard InChI is InChI=1S/C25H24N2O4/c1-30-19-8-4-5-16(11-19)12-27-15-25-10-9-20(31-25)21(22(25)24(27)29)23(28)26-13-17-6-2-3-7-18(17)14-26/h2-11,20-22H,12-15H2,1H3/t20-,21?,22?,25-/m1/s1. The summed E-state index contributed by atoms with van der Waals surface area (Å²) in [6.07, 6.45) is 3.67. The third-order valence-electron chi connectivity index (χ3n) is 7.12. The average molecular weight is 416 g/mol. The first-order chi connectivity index (χ1) is 15.1. The second-order valence-electron chi connectivity index (χ2n) is 8.91. The molecule has 4 aliphatic heterocycles. The van der Waals surface area contributed by atoms with Crippen molar-refractivity contribution in [3.05, 3.63) is 77.4 Å². The van der Waals surface area contributed by atoms with Crippen LogP contribution in [0.5, 0.6) is 5.75 Å². The van der Waals surface area contributed by atoms with Crippen LogP contribution in [0.4, 0.5) is 0 Å². The summed E-state index contributed by atoms with van der Waals surface area (Å²) in [5.41, 5.74) is 2.68. The zero-order valence-electron chi connectivity index (χ0n) is 17.4. The van der Waals surface area contributed by atoms with Gasteiger partial charge in [-0.15, -0.1) is 0 Å². The molecule has 2 aromatic rings. The zero-order chi connectivity index (χ0) is 21.2. The molecule has 6 rings (SSSR count). The summed E-state index contributed by atoms with van der Waals surface area (Å²) in [6.45, 7) is 2.16. The molecule has 0 radical (unpaired) electrons. The molecule has 4 aliphatic rings. The lowest BCUT2D eigenvalue weighted by molar-refractivity contribution is -0.143. The van der Waals surface area contributed by atoms with Crippen molar-refractivity contribution in [2.45, 2.75) is 31.3 Å². The van der Waals surface area contributed by atoms with Crippen LogP contribution in [-0.2, 0) is 34.0 Å². The van der Waals surface area contributed by atoms with E-state index in [-0.39, 0.29) is 17.9 Å². The van der Waals surface area contributed by atoms with E-state index >= 15 is 0 Å². The summed E-state index contributed by atoms with van der Waals surface area (Å²) in [6, 6.07) is 15.9. The fourth-order valence-corrected chi connectivity index (χ4v) is 5.69. The summed E-state index contributed by atoms with van der Waals surface area (Å²) < 4.78 is 11.6.